The van der Waals surface area contributed by atoms with Crippen molar-refractivity contribution < 1.29 is 4.74 Å². The topological polar surface area (TPSA) is 48.9 Å². The molecule has 1 fully saturated rings. The lowest BCUT2D eigenvalue weighted by Gasteiger charge is -2.45. The van der Waals surface area contributed by atoms with E-state index in [1.807, 2.05) is 0 Å². The maximum atomic E-state index is 5.79. The third kappa shape index (κ3) is 5.03. The van der Waals surface area contributed by atoms with Crippen molar-refractivity contribution in [1.29, 1.82) is 0 Å². The highest BCUT2D eigenvalue weighted by atomic mass is 16.5. The monoisotopic (exact) mass is 280 g/mol. The highest BCUT2D eigenvalue weighted by molar-refractivity contribution is 5.79. The van der Waals surface area contributed by atoms with Crippen molar-refractivity contribution in [3.8, 4) is 12.3 Å². The number of guanidine groups is 1. The van der Waals surface area contributed by atoms with Gasteiger partial charge >= 0.3 is 0 Å². The second kappa shape index (κ2) is 7.51. The number of ether oxygens (including phenoxy) is 1. The van der Waals surface area contributed by atoms with Crippen LogP contribution in [0.2, 0.25) is 0 Å². The smallest absolute Gasteiger partial charge is 0.191 e. The molecular weight excluding hydrogens is 252 g/mol. The highest BCUT2D eigenvalue weighted by Crippen LogP contribution is 2.20. The summed E-state index contributed by atoms with van der Waals surface area (Å²) in [5, 5.41) is 6.40. The van der Waals surface area contributed by atoms with Crippen LogP contribution in [0.4, 0.5) is 0 Å². The van der Waals surface area contributed by atoms with Crippen molar-refractivity contribution in [3.63, 3.8) is 0 Å². The first-order chi connectivity index (χ1) is 9.39. The molecule has 0 saturated carbocycles. The standard InChI is InChI=1S/C15H28N4O/c1-7-8-17-14(16-6)18-11-15(4,5)19-9-12(2)20-13(3)10-19/h1,12-13H,8-11H2,2-6H3,(H2,16,17,18). The summed E-state index contributed by atoms with van der Waals surface area (Å²) in [6.07, 6.45) is 5.79. The molecule has 1 rings (SSSR count). The zero-order valence-electron chi connectivity index (χ0n) is 13.4. The van der Waals surface area contributed by atoms with Gasteiger partial charge in [0.15, 0.2) is 5.96 Å². The van der Waals surface area contributed by atoms with E-state index < -0.39 is 0 Å². The van der Waals surface area contributed by atoms with E-state index in [1.54, 1.807) is 7.05 Å². The molecule has 0 radical (unpaired) electrons. The lowest BCUT2D eigenvalue weighted by Crippen LogP contribution is -2.59. The Kier molecular flexibility index (Phi) is 6.31. The van der Waals surface area contributed by atoms with E-state index in [4.69, 9.17) is 11.2 Å². The lowest BCUT2D eigenvalue weighted by atomic mass is 10.00. The molecule has 2 unspecified atom stereocenters. The van der Waals surface area contributed by atoms with Crippen LogP contribution in [-0.4, -0.2) is 61.8 Å². The fraction of sp³-hybridized carbons (Fsp3) is 0.800. The lowest BCUT2D eigenvalue weighted by molar-refractivity contribution is -0.0946. The van der Waals surface area contributed by atoms with Gasteiger partial charge in [-0.1, -0.05) is 5.92 Å². The quantitative estimate of drug-likeness (QED) is 0.451. The van der Waals surface area contributed by atoms with Gasteiger partial charge in [-0.05, 0) is 27.7 Å². The molecule has 20 heavy (non-hydrogen) atoms. The van der Waals surface area contributed by atoms with Crippen LogP contribution >= 0.6 is 0 Å². The fourth-order valence-corrected chi connectivity index (χ4v) is 2.44. The number of hydrogen-bond donors (Lipinski definition) is 2. The minimum absolute atomic E-state index is 0.0278. The Hall–Kier alpha value is -1.25. The molecule has 1 saturated heterocycles. The number of nitrogens with one attached hydrogen (secondary N) is 2. The van der Waals surface area contributed by atoms with Gasteiger partial charge < -0.3 is 15.4 Å². The van der Waals surface area contributed by atoms with Crippen LogP contribution in [0.1, 0.15) is 27.7 Å². The fourth-order valence-electron chi connectivity index (χ4n) is 2.44. The van der Waals surface area contributed by atoms with Gasteiger partial charge in [-0.15, -0.1) is 6.42 Å². The van der Waals surface area contributed by atoms with E-state index in [2.05, 4.69) is 54.1 Å². The van der Waals surface area contributed by atoms with Gasteiger partial charge in [0.05, 0.1) is 18.8 Å². The van der Waals surface area contributed by atoms with Crippen LogP contribution in [-0.2, 0) is 4.74 Å². The largest absolute Gasteiger partial charge is 0.373 e. The maximum absolute atomic E-state index is 5.79. The van der Waals surface area contributed by atoms with Gasteiger partial charge in [-0.25, -0.2) is 0 Å². The second-order valence-electron chi connectivity index (χ2n) is 5.96. The van der Waals surface area contributed by atoms with Crippen LogP contribution in [0.25, 0.3) is 0 Å². The molecule has 5 heteroatoms. The molecule has 0 amide bonds. The number of morpholine rings is 1. The minimum atomic E-state index is 0.0278. The zero-order valence-corrected chi connectivity index (χ0v) is 13.4. The second-order valence-corrected chi connectivity index (χ2v) is 5.96. The summed E-state index contributed by atoms with van der Waals surface area (Å²) >= 11 is 0. The van der Waals surface area contributed by atoms with E-state index in [1.165, 1.54) is 0 Å². The molecule has 5 nitrogen and oxygen atoms in total. The Morgan fingerprint density at radius 3 is 2.45 bits per heavy atom. The van der Waals surface area contributed by atoms with E-state index in [-0.39, 0.29) is 17.7 Å². The van der Waals surface area contributed by atoms with Gasteiger partial charge in [0.1, 0.15) is 0 Å². The summed E-state index contributed by atoms with van der Waals surface area (Å²) in [7, 11) is 1.75. The average molecular weight is 280 g/mol. The summed E-state index contributed by atoms with van der Waals surface area (Å²) in [6.45, 7) is 11.9. The molecule has 0 spiro atoms. The van der Waals surface area contributed by atoms with E-state index in [9.17, 15) is 0 Å². The Labute approximate surface area is 123 Å². The SMILES string of the molecule is C#CCNC(=NC)NCC(C)(C)N1CC(C)OC(C)C1. The molecule has 2 atom stereocenters. The summed E-state index contributed by atoms with van der Waals surface area (Å²) < 4.78 is 5.79. The average Bonchev–Trinajstić information content (AvgIpc) is 2.38. The van der Waals surface area contributed by atoms with Gasteiger partial charge in [-0.2, -0.15) is 0 Å². The van der Waals surface area contributed by atoms with Crippen LogP contribution in [0, 0.1) is 12.3 Å². The van der Waals surface area contributed by atoms with Gasteiger partial charge in [0.2, 0.25) is 0 Å². The third-order valence-electron chi connectivity index (χ3n) is 3.55. The molecule has 0 aromatic heterocycles. The van der Waals surface area contributed by atoms with E-state index >= 15 is 0 Å². The van der Waals surface area contributed by atoms with Crippen molar-refractivity contribution in [2.24, 2.45) is 4.99 Å². The van der Waals surface area contributed by atoms with Crippen LogP contribution in [0.15, 0.2) is 4.99 Å². The van der Waals surface area contributed by atoms with Gasteiger partial charge in [0, 0.05) is 32.2 Å². The van der Waals surface area contributed by atoms with Gasteiger partial charge in [0.25, 0.3) is 0 Å². The zero-order chi connectivity index (χ0) is 15.2. The summed E-state index contributed by atoms with van der Waals surface area (Å²) in [5.41, 5.74) is 0.0278. The predicted molar refractivity (Wildman–Crippen MR) is 83.9 cm³/mol. The van der Waals surface area contributed by atoms with Crippen LogP contribution in [0.5, 0.6) is 0 Å². The molecule has 114 valence electrons. The predicted octanol–water partition coefficient (Wildman–Crippen LogP) is 0.672. The number of aliphatic imine (C=N–C) groups is 1. The Morgan fingerprint density at radius 2 is 1.95 bits per heavy atom. The van der Waals surface area contributed by atoms with Crippen LogP contribution in [0.3, 0.4) is 0 Å². The number of terminal acetylenes is 1. The molecular formula is C15H28N4O. The van der Waals surface area contributed by atoms with Crippen molar-refractivity contribution in [1.82, 2.24) is 15.5 Å². The molecule has 2 N–H and O–H groups in total. The van der Waals surface area contributed by atoms with Crippen molar-refractivity contribution in [3.05, 3.63) is 0 Å². The Balaban J connectivity index is 2.54. The highest BCUT2D eigenvalue weighted by Gasteiger charge is 2.33. The molecule has 1 aliphatic rings. The molecule has 0 aliphatic carbocycles. The summed E-state index contributed by atoms with van der Waals surface area (Å²) in [4.78, 5) is 6.62. The Bertz CT molecular complexity index is 363. The number of nitrogens with zero attached hydrogens (tertiary/aromatic N) is 2. The first kappa shape index (κ1) is 16.8. The normalized spacial score (nSPS) is 25.1. The molecule has 0 aromatic carbocycles. The summed E-state index contributed by atoms with van der Waals surface area (Å²) in [6, 6.07) is 0. The summed E-state index contributed by atoms with van der Waals surface area (Å²) in [5.74, 6) is 3.29. The van der Waals surface area contributed by atoms with Crippen molar-refractivity contribution >= 4 is 5.96 Å². The first-order valence-electron chi connectivity index (χ1n) is 7.17. The van der Waals surface area contributed by atoms with E-state index in [0.717, 1.165) is 25.6 Å². The minimum Gasteiger partial charge on any atom is -0.373 e. The van der Waals surface area contributed by atoms with Crippen molar-refractivity contribution in [2.75, 3.05) is 33.2 Å². The van der Waals surface area contributed by atoms with Gasteiger partial charge in [-0.3, -0.25) is 9.89 Å². The van der Waals surface area contributed by atoms with Crippen molar-refractivity contribution in [2.45, 2.75) is 45.4 Å². The molecule has 1 heterocycles. The molecule has 0 bridgehead atoms. The van der Waals surface area contributed by atoms with E-state index in [0.29, 0.717) is 6.54 Å². The maximum Gasteiger partial charge on any atom is 0.191 e. The van der Waals surface area contributed by atoms with Crippen LogP contribution < -0.4 is 10.6 Å². The molecule has 0 aromatic rings. The third-order valence-corrected chi connectivity index (χ3v) is 3.55. The molecule has 1 aliphatic heterocycles. The first-order valence-corrected chi connectivity index (χ1v) is 7.17. The Morgan fingerprint density at radius 1 is 1.35 bits per heavy atom. The number of rotatable bonds is 4. The number of hydrogen-bond acceptors (Lipinski definition) is 3.